The van der Waals surface area contributed by atoms with E-state index in [1.165, 1.54) is 0 Å². The standard InChI is InChI=1S/C26H25Cl2N3O2/c27-21-10-6-11-22(28)26(21)30-23-12-5-4-9-20(23)14-24(32)29-15-19-13-25(33)31(17-19)16-18-7-2-1-3-8-18/h1-12,19,30H,13-17H2,(H,29,32). The lowest BCUT2D eigenvalue weighted by molar-refractivity contribution is -0.128. The molecule has 1 atom stereocenters. The average molecular weight is 482 g/mol. The van der Waals surface area contributed by atoms with Crippen molar-refractivity contribution >= 4 is 46.4 Å². The number of carbonyl (C=O) groups is 2. The fourth-order valence-corrected chi connectivity index (χ4v) is 4.48. The topological polar surface area (TPSA) is 61.4 Å². The number of para-hydroxylation sites is 2. The normalized spacial score (nSPS) is 15.5. The molecule has 3 aromatic carbocycles. The van der Waals surface area contributed by atoms with E-state index in [1.807, 2.05) is 59.5 Å². The Kier molecular flexibility index (Phi) is 7.53. The number of rotatable bonds is 8. The summed E-state index contributed by atoms with van der Waals surface area (Å²) >= 11 is 12.6. The van der Waals surface area contributed by atoms with Gasteiger partial charge in [-0.3, -0.25) is 9.59 Å². The van der Waals surface area contributed by atoms with E-state index in [1.54, 1.807) is 18.2 Å². The molecule has 4 rings (SSSR count). The van der Waals surface area contributed by atoms with Crippen molar-refractivity contribution in [3.05, 3.63) is 94.0 Å². The second-order valence-electron chi connectivity index (χ2n) is 8.19. The summed E-state index contributed by atoms with van der Waals surface area (Å²) in [5, 5.41) is 7.26. The number of hydrogen-bond acceptors (Lipinski definition) is 3. The van der Waals surface area contributed by atoms with Gasteiger partial charge in [0.25, 0.3) is 0 Å². The van der Waals surface area contributed by atoms with Crippen LogP contribution in [0.15, 0.2) is 72.8 Å². The zero-order valence-electron chi connectivity index (χ0n) is 18.1. The molecular formula is C26H25Cl2N3O2. The maximum Gasteiger partial charge on any atom is 0.224 e. The van der Waals surface area contributed by atoms with Gasteiger partial charge >= 0.3 is 0 Å². The first-order chi connectivity index (χ1) is 16.0. The molecule has 170 valence electrons. The van der Waals surface area contributed by atoms with E-state index in [2.05, 4.69) is 10.6 Å². The van der Waals surface area contributed by atoms with E-state index >= 15 is 0 Å². The molecule has 33 heavy (non-hydrogen) atoms. The van der Waals surface area contributed by atoms with Gasteiger partial charge in [-0.05, 0) is 29.3 Å². The van der Waals surface area contributed by atoms with Crippen LogP contribution in [-0.4, -0.2) is 29.8 Å². The molecule has 0 saturated carbocycles. The Morgan fingerprint density at radius 2 is 1.64 bits per heavy atom. The lowest BCUT2D eigenvalue weighted by Crippen LogP contribution is -2.32. The average Bonchev–Trinajstić information content (AvgIpc) is 3.16. The molecule has 7 heteroatoms. The van der Waals surface area contributed by atoms with E-state index in [-0.39, 0.29) is 24.2 Å². The van der Waals surface area contributed by atoms with E-state index in [4.69, 9.17) is 23.2 Å². The van der Waals surface area contributed by atoms with Crippen molar-refractivity contribution in [1.82, 2.24) is 10.2 Å². The largest absolute Gasteiger partial charge is 0.355 e. The number of carbonyl (C=O) groups excluding carboxylic acids is 2. The number of likely N-dealkylation sites (tertiary alicyclic amines) is 1. The summed E-state index contributed by atoms with van der Waals surface area (Å²) in [4.78, 5) is 26.9. The second-order valence-corrected chi connectivity index (χ2v) is 9.00. The van der Waals surface area contributed by atoms with Crippen molar-refractivity contribution < 1.29 is 9.59 Å². The van der Waals surface area contributed by atoms with Gasteiger partial charge in [-0.1, -0.05) is 77.8 Å². The van der Waals surface area contributed by atoms with Crippen molar-refractivity contribution in [2.75, 3.05) is 18.4 Å². The smallest absolute Gasteiger partial charge is 0.224 e. The lowest BCUT2D eigenvalue weighted by Gasteiger charge is -2.17. The first-order valence-corrected chi connectivity index (χ1v) is 11.6. The molecule has 1 heterocycles. The summed E-state index contributed by atoms with van der Waals surface area (Å²) in [6.45, 7) is 1.73. The summed E-state index contributed by atoms with van der Waals surface area (Å²) < 4.78 is 0. The summed E-state index contributed by atoms with van der Waals surface area (Å²) in [7, 11) is 0. The van der Waals surface area contributed by atoms with Gasteiger partial charge in [0.15, 0.2) is 0 Å². The molecule has 0 radical (unpaired) electrons. The predicted octanol–water partition coefficient (Wildman–Crippen LogP) is 5.44. The Hall–Kier alpha value is -3.02. The molecule has 1 fully saturated rings. The van der Waals surface area contributed by atoms with E-state index in [9.17, 15) is 9.59 Å². The molecule has 1 unspecified atom stereocenters. The van der Waals surface area contributed by atoms with Crippen molar-refractivity contribution in [2.45, 2.75) is 19.4 Å². The minimum atomic E-state index is -0.0940. The third kappa shape index (κ3) is 6.06. The molecule has 3 aromatic rings. The number of amides is 2. The molecule has 5 nitrogen and oxygen atoms in total. The summed E-state index contributed by atoms with van der Waals surface area (Å²) in [5.41, 5.74) is 3.32. The van der Waals surface area contributed by atoms with Gasteiger partial charge in [0.05, 0.1) is 22.2 Å². The second kappa shape index (κ2) is 10.7. The fraction of sp³-hybridized carbons (Fsp3) is 0.231. The van der Waals surface area contributed by atoms with Crippen molar-refractivity contribution in [3.63, 3.8) is 0 Å². The molecule has 0 bridgehead atoms. The van der Waals surface area contributed by atoms with Crippen LogP contribution in [0, 0.1) is 5.92 Å². The van der Waals surface area contributed by atoms with Crippen molar-refractivity contribution in [2.24, 2.45) is 5.92 Å². The minimum absolute atomic E-state index is 0.0940. The summed E-state index contributed by atoms with van der Waals surface area (Å²) in [6, 6.07) is 22.8. The number of benzene rings is 3. The van der Waals surface area contributed by atoms with Crippen LogP contribution in [0.4, 0.5) is 11.4 Å². The molecule has 2 N–H and O–H groups in total. The number of halogens is 2. The Balaban J connectivity index is 1.32. The van der Waals surface area contributed by atoms with Crippen LogP contribution in [0.3, 0.4) is 0 Å². The van der Waals surface area contributed by atoms with Crippen LogP contribution in [0.25, 0.3) is 0 Å². The molecule has 1 aliphatic rings. The molecular weight excluding hydrogens is 457 g/mol. The van der Waals surface area contributed by atoms with Crippen LogP contribution in [0.5, 0.6) is 0 Å². The van der Waals surface area contributed by atoms with Crippen molar-refractivity contribution in [1.29, 1.82) is 0 Å². The Labute approximate surface area is 203 Å². The van der Waals surface area contributed by atoms with E-state index in [0.29, 0.717) is 41.8 Å². The Bertz CT molecular complexity index is 1120. The van der Waals surface area contributed by atoms with Gasteiger partial charge < -0.3 is 15.5 Å². The summed E-state index contributed by atoms with van der Waals surface area (Å²) in [6.07, 6.45) is 0.663. The quantitative estimate of drug-likeness (QED) is 0.449. The maximum atomic E-state index is 12.7. The highest BCUT2D eigenvalue weighted by atomic mass is 35.5. The van der Waals surface area contributed by atoms with Gasteiger partial charge in [-0.25, -0.2) is 0 Å². The van der Waals surface area contributed by atoms with Crippen molar-refractivity contribution in [3.8, 4) is 0 Å². The third-order valence-electron chi connectivity index (χ3n) is 5.69. The van der Waals surface area contributed by atoms with Crippen LogP contribution in [-0.2, 0) is 22.6 Å². The molecule has 1 saturated heterocycles. The predicted molar refractivity (Wildman–Crippen MR) is 133 cm³/mol. The SMILES string of the molecule is O=C(Cc1ccccc1Nc1c(Cl)cccc1Cl)NCC1CC(=O)N(Cc2ccccc2)C1. The monoisotopic (exact) mass is 481 g/mol. The van der Waals surface area contributed by atoms with Crippen LogP contribution >= 0.6 is 23.2 Å². The number of nitrogens with zero attached hydrogens (tertiary/aromatic N) is 1. The zero-order valence-corrected chi connectivity index (χ0v) is 19.6. The first kappa shape index (κ1) is 23.1. The highest BCUT2D eigenvalue weighted by molar-refractivity contribution is 6.39. The Morgan fingerprint density at radius 3 is 2.39 bits per heavy atom. The lowest BCUT2D eigenvalue weighted by atomic mass is 10.1. The van der Waals surface area contributed by atoms with Gasteiger partial charge in [0.1, 0.15) is 0 Å². The van der Waals surface area contributed by atoms with E-state index in [0.717, 1.165) is 16.8 Å². The number of nitrogens with one attached hydrogen (secondary N) is 2. The summed E-state index contributed by atoms with van der Waals surface area (Å²) in [5.74, 6) is 0.146. The van der Waals surface area contributed by atoms with Crippen LogP contribution in [0.2, 0.25) is 10.0 Å². The maximum absolute atomic E-state index is 12.7. The van der Waals surface area contributed by atoms with Gasteiger partial charge in [-0.2, -0.15) is 0 Å². The van der Waals surface area contributed by atoms with E-state index < -0.39 is 0 Å². The number of hydrogen-bond donors (Lipinski definition) is 2. The molecule has 0 aromatic heterocycles. The molecule has 0 spiro atoms. The number of anilines is 2. The third-order valence-corrected chi connectivity index (χ3v) is 6.32. The van der Waals surface area contributed by atoms with Gasteiger partial charge in [-0.15, -0.1) is 0 Å². The highest BCUT2D eigenvalue weighted by Gasteiger charge is 2.29. The fourth-order valence-electron chi connectivity index (χ4n) is 3.99. The zero-order chi connectivity index (χ0) is 23.2. The minimum Gasteiger partial charge on any atom is -0.355 e. The van der Waals surface area contributed by atoms with Gasteiger partial charge in [0, 0.05) is 37.7 Å². The van der Waals surface area contributed by atoms with Crippen LogP contribution < -0.4 is 10.6 Å². The van der Waals surface area contributed by atoms with Gasteiger partial charge in [0.2, 0.25) is 11.8 Å². The van der Waals surface area contributed by atoms with Crippen LogP contribution in [0.1, 0.15) is 17.5 Å². The highest BCUT2D eigenvalue weighted by Crippen LogP contribution is 2.33. The first-order valence-electron chi connectivity index (χ1n) is 10.9. The molecule has 0 aliphatic carbocycles. The molecule has 2 amide bonds. The molecule has 1 aliphatic heterocycles. The Morgan fingerprint density at radius 1 is 0.939 bits per heavy atom.